The van der Waals surface area contributed by atoms with Crippen LogP contribution in [0.15, 0.2) is 0 Å². The van der Waals surface area contributed by atoms with Crippen molar-refractivity contribution in [3.05, 3.63) is 0 Å². The molecular weight excluding hydrogens is 949 g/mol. The summed E-state index contributed by atoms with van der Waals surface area (Å²) in [6.07, 6.45) is 70.8. The minimum absolute atomic E-state index is 0. The minimum Gasteiger partial charge on any atom is -0.550 e. The van der Waals surface area contributed by atoms with Gasteiger partial charge in [0, 0.05) is 24.0 Å². The number of aliphatic carboxylic acids is 2. The Balaban J connectivity index is -0.00000136. The SMILES string of the molecule is CCCCCCCCCCCCCCN(CCCCCCCCCCCCCC)C(C)CCCC(=O)[O-].CCCCCCCCCCCCCCN(CCCCCCCCCCCCCC)C(C)CCCC(=O)[O-].[Ca+2]. The normalized spacial score (nSPS) is 12.3. The maximum atomic E-state index is 10.8. The second-order valence-corrected chi connectivity index (χ2v) is 23.9. The van der Waals surface area contributed by atoms with Gasteiger partial charge < -0.3 is 29.6 Å². The van der Waals surface area contributed by atoms with Crippen LogP contribution in [0.1, 0.15) is 388 Å². The van der Waals surface area contributed by atoms with E-state index in [1.807, 2.05) is 0 Å². The number of carboxylic acid groups (broad SMARTS) is 2. The van der Waals surface area contributed by atoms with E-state index in [1.54, 1.807) is 0 Å². The average Bonchev–Trinajstić information content (AvgIpc) is 3.38. The second kappa shape index (κ2) is 68.4. The van der Waals surface area contributed by atoms with Gasteiger partial charge in [-0.3, -0.25) is 0 Å². The maximum Gasteiger partial charge on any atom is 2.00 e. The van der Waals surface area contributed by atoms with Crippen LogP contribution in [-0.4, -0.2) is 97.7 Å². The molecular formula is C68H136CaN2O4. The van der Waals surface area contributed by atoms with Gasteiger partial charge in [-0.05, 0) is 104 Å². The largest absolute Gasteiger partial charge is 2.00 e. The Labute approximate surface area is 502 Å². The third kappa shape index (κ3) is 66.5. The van der Waals surface area contributed by atoms with Crippen molar-refractivity contribution in [3.8, 4) is 0 Å². The van der Waals surface area contributed by atoms with Crippen LogP contribution in [-0.2, 0) is 9.59 Å². The Morgan fingerprint density at radius 1 is 0.267 bits per heavy atom. The van der Waals surface area contributed by atoms with Crippen LogP contribution in [0.2, 0.25) is 0 Å². The quantitative estimate of drug-likeness (QED) is 0.0445. The number of carbonyl (C=O) groups is 2. The van der Waals surface area contributed by atoms with Gasteiger partial charge >= 0.3 is 37.7 Å². The number of unbranched alkanes of at least 4 members (excludes halogenated alkanes) is 44. The molecule has 0 spiro atoms. The minimum atomic E-state index is -0.902. The summed E-state index contributed by atoms with van der Waals surface area (Å²) in [5.74, 6) is -1.80. The van der Waals surface area contributed by atoms with Crippen molar-refractivity contribution in [1.82, 2.24) is 9.80 Å². The van der Waals surface area contributed by atoms with Crippen molar-refractivity contribution in [2.45, 2.75) is 400 Å². The van der Waals surface area contributed by atoms with E-state index in [2.05, 4.69) is 51.3 Å². The molecule has 0 amide bonds. The van der Waals surface area contributed by atoms with Gasteiger partial charge in [0.1, 0.15) is 0 Å². The molecule has 0 N–H and O–H groups in total. The molecule has 2 atom stereocenters. The first-order valence-corrected chi connectivity index (χ1v) is 34.1. The molecule has 0 rings (SSSR count). The van der Waals surface area contributed by atoms with E-state index in [4.69, 9.17) is 0 Å². The van der Waals surface area contributed by atoms with E-state index >= 15 is 0 Å². The number of hydrogen-bond donors (Lipinski definition) is 0. The van der Waals surface area contributed by atoms with E-state index in [0.29, 0.717) is 12.1 Å². The Hall–Kier alpha value is 0.120. The van der Waals surface area contributed by atoms with E-state index < -0.39 is 11.9 Å². The van der Waals surface area contributed by atoms with Gasteiger partial charge in [0.05, 0.1) is 0 Å². The van der Waals surface area contributed by atoms with Crippen LogP contribution >= 0.6 is 0 Å². The zero-order valence-corrected chi connectivity index (χ0v) is 54.6. The summed E-state index contributed by atoms with van der Waals surface area (Å²) in [6, 6.07) is 0.972. The molecule has 0 saturated heterocycles. The molecule has 0 aliphatic carbocycles. The van der Waals surface area contributed by atoms with Crippen LogP contribution in [0.4, 0.5) is 0 Å². The van der Waals surface area contributed by atoms with Crippen LogP contribution in [0.5, 0.6) is 0 Å². The van der Waals surface area contributed by atoms with Gasteiger partial charge in [-0.15, -0.1) is 0 Å². The predicted octanol–water partition coefficient (Wildman–Crippen LogP) is 19.6. The van der Waals surface area contributed by atoms with Gasteiger partial charge in [0.15, 0.2) is 0 Å². The molecule has 0 bridgehead atoms. The van der Waals surface area contributed by atoms with Crippen molar-refractivity contribution < 1.29 is 19.8 Å². The smallest absolute Gasteiger partial charge is 0.550 e. The van der Waals surface area contributed by atoms with Crippen LogP contribution in [0.3, 0.4) is 0 Å². The molecule has 0 radical (unpaired) electrons. The average molecular weight is 1090 g/mol. The molecule has 0 saturated carbocycles. The van der Waals surface area contributed by atoms with Crippen LogP contribution in [0, 0.1) is 0 Å². The van der Waals surface area contributed by atoms with E-state index in [9.17, 15) is 19.8 Å². The number of nitrogens with zero attached hydrogens (tertiary/aromatic N) is 2. The first-order chi connectivity index (χ1) is 36.2. The van der Waals surface area contributed by atoms with Gasteiger partial charge in [0.25, 0.3) is 0 Å². The van der Waals surface area contributed by atoms with Crippen molar-refractivity contribution >= 4 is 49.7 Å². The van der Waals surface area contributed by atoms with E-state index in [-0.39, 0.29) is 50.6 Å². The number of carbonyl (C=O) groups excluding carboxylic acids is 2. The molecule has 0 aromatic heterocycles. The Morgan fingerprint density at radius 2 is 0.413 bits per heavy atom. The molecule has 0 fully saturated rings. The number of rotatable bonds is 62. The topological polar surface area (TPSA) is 86.7 Å². The molecule has 444 valence electrons. The molecule has 0 aliphatic rings. The summed E-state index contributed by atoms with van der Waals surface area (Å²) < 4.78 is 0. The van der Waals surface area contributed by atoms with Crippen molar-refractivity contribution in [2.24, 2.45) is 0 Å². The zero-order chi connectivity index (χ0) is 54.5. The van der Waals surface area contributed by atoms with Crippen LogP contribution < -0.4 is 10.2 Å². The summed E-state index contributed by atoms with van der Waals surface area (Å²) in [7, 11) is 0. The fraction of sp³-hybridized carbons (Fsp3) is 0.971. The number of carboxylic acids is 2. The molecule has 0 aromatic rings. The summed E-state index contributed by atoms with van der Waals surface area (Å²) >= 11 is 0. The van der Waals surface area contributed by atoms with E-state index in [1.165, 1.54) is 334 Å². The maximum absolute atomic E-state index is 10.8. The third-order valence-electron chi connectivity index (χ3n) is 16.4. The standard InChI is InChI=1S/2C34H69NO2.Ca/c2*1-4-6-8-10-12-14-16-18-20-22-24-26-31-35(33(3)29-28-30-34(36)37)32-27-25-23-21-19-17-15-13-11-9-7-5-2;/h2*33H,4-32H2,1-3H3,(H,36,37);/q;;+2/p-2. The Kier molecular flexibility index (Phi) is 72.4. The zero-order valence-electron chi connectivity index (χ0n) is 52.4. The monoisotopic (exact) mass is 1090 g/mol. The molecule has 0 aliphatic heterocycles. The Morgan fingerprint density at radius 3 is 0.560 bits per heavy atom. The molecule has 2 unspecified atom stereocenters. The molecule has 0 aromatic carbocycles. The summed E-state index contributed by atoms with van der Waals surface area (Å²) in [6.45, 7) is 18.5. The third-order valence-corrected chi connectivity index (χ3v) is 16.4. The van der Waals surface area contributed by atoms with Crippen molar-refractivity contribution in [1.29, 1.82) is 0 Å². The van der Waals surface area contributed by atoms with E-state index in [0.717, 1.165) is 25.7 Å². The Bertz CT molecular complexity index is 940. The predicted molar refractivity (Wildman–Crippen MR) is 330 cm³/mol. The fourth-order valence-electron chi connectivity index (χ4n) is 11.2. The van der Waals surface area contributed by atoms with Gasteiger partial charge in [0.2, 0.25) is 0 Å². The number of hydrogen-bond acceptors (Lipinski definition) is 6. The molecule has 75 heavy (non-hydrogen) atoms. The second-order valence-electron chi connectivity index (χ2n) is 23.9. The molecule has 7 heteroatoms. The van der Waals surface area contributed by atoms with Gasteiger partial charge in [-0.25, -0.2) is 0 Å². The molecule has 6 nitrogen and oxygen atoms in total. The summed E-state index contributed by atoms with van der Waals surface area (Å²) in [4.78, 5) is 27.0. The first kappa shape index (κ1) is 79.3. The molecule has 0 heterocycles. The van der Waals surface area contributed by atoms with Gasteiger partial charge in [-0.1, -0.05) is 310 Å². The van der Waals surface area contributed by atoms with Gasteiger partial charge in [-0.2, -0.15) is 0 Å². The fourth-order valence-corrected chi connectivity index (χ4v) is 11.2. The summed E-state index contributed by atoms with van der Waals surface area (Å²) in [5, 5.41) is 21.6. The summed E-state index contributed by atoms with van der Waals surface area (Å²) in [5.41, 5.74) is 0. The van der Waals surface area contributed by atoms with Crippen molar-refractivity contribution in [3.63, 3.8) is 0 Å². The van der Waals surface area contributed by atoms with Crippen LogP contribution in [0.25, 0.3) is 0 Å². The first-order valence-electron chi connectivity index (χ1n) is 34.1. The van der Waals surface area contributed by atoms with Crippen molar-refractivity contribution in [2.75, 3.05) is 26.2 Å².